The summed E-state index contributed by atoms with van der Waals surface area (Å²) in [5.41, 5.74) is -0.357. The summed E-state index contributed by atoms with van der Waals surface area (Å²) in [5.74, 6) is -1.30. The van der Waals surface area contributed by atoms with E-state index >= 15 is 0 Å². The molecule has 1 aromatic carbocycles. The second-order valence-corrected chi connectivity index (χ2v) is 7.54. The molecule has 0 unspecified atom stereocenters. The SMILES string of the molecule is CC(C)CC[C@]1(C)NC(=O)N(CC(=O)OCC(=O)N(C)c2ccccc2)C1=O. The summed E-state index contributed by atoms with van der Waals surface area (Å²) in [5, 5.41) is 2.65. The Hall–Kier alpha value is -2.90. The molecule has 152 valence electrons. The maximum absolute atomic E-state index is 12.6. The van der Waals surface area contributed by atoms with Gasteiger partial charge in [0.15, 0.2) is 6.61 Å². The van der Waals surface area contributed by atoms with Crippen LogP contribution in [0.1, 0.15) is 33.6 Å². The van der Waals surface area contributed by atoms with Gasteiger partial charge in [-0.1, -0.05) is 32.0 Å². The minimum atomic E-state index is -1.02. The van der Waals surface area contributed by atoms with Crippen LogP contribution in [0.3, 0.4) is 0 Å². The molecule has 4 amide bonds. The number of amides is 4. The van der Waals surface area contributed by atoms with Crippen LogP contribution in [0.4, 0.5) is 10.5 Å². The Morgan fingerprint density at radius 3 is 2.46 bits per heavy atom. The highest BCUT2D eigenvalue weighted by Gasteiger charge is 2.48. The number of nitrogens with one attached hydrogen (secondary N) is 1. The fourth-order valence-electron chi connectivity index (χ4n) is 2.85. The number of anilines is 1. The summed E-state index contributed by atoms with van der Waals surface area (Å²) in [7, 11) is 1.57. The van der Waals surface area contributed by atoms with Crippen LogP contribution in [0.15, 0.2) is 30.3 Å². The summed E-state index contributed by atoms with van der Waals surface area (Å²) < 4.78 is 4.97. The molecule has 0 radical (unpaired) electrons. The van der Waals surface area contributed by atoms with E-state index in [2.05, 4.69) is 5.32 Å². The third-order valence-electron chi connectivity index (χ3n) is 4.73. The van der Waals surface area contributed by atoms with Gasteiger partial charge in [-0.15, -0.1) is 0 Å². The van der Waals surface area contributed by atoms with Crippen LogP contribution in [0.25, 0.3) is 0 Å². The van der Waals surface area contributed by atoms with Gasteiger partial charge < -0.3 is 15.0 Å². The molecule has 28 heavy (non-hydrogen) atoms. The summed E-state index contributed by atoms with van der Waals surface area (Å²) in [6.07, 6.45) is 1.25. The van der Waals surface area contributed by atoms with Crippen LogP contribution >= 0.6 is 0 Å². The van der Waals surface area contributed by atoms with Crippen molar-refractivity contribution in [2.45, 2.75) is 39.2 Å². The first-order valence-corrected chi connectivity index (χ1v) is 9.25. The number of para-hydroxylation sites is 1. The summed E-state index contributed by atoms with van der Waals surface area (Å²) in [4.78, 5) is 51.1. The molecule has 1 aliphatic heterocycles. The number of rotatable bonds is 8. The predicted octanol–water partition coefficient (Wildman–Crippen LogP) is 1.94. The predicted molar refractivity (Wildman–Crippen MR) is 104 cm³/mol. The van der Waals surface area contributed by atoms with Crippen molar-refractivity contribution >= 4 is 29.5 Å². The Bertz CT molecular complexity index is 749. The molecule has 0 aromatic heterocycles. The van der Waals surface area contributed by atoms with Gasteiger partial charge in [-0.3, -0.25) is 19.3 Å². The van der Waals surface area contributed by atoms with E-state index in [4.69, 9.17) is 4.74 Å². The topological polar surface area (TPSA) is 96.0 Å². The molecule has 1 heterocycles. The highest BCUT2D eigenvalue weighted by atomic mass is 16.5. The molecule has 1 fully saturated rings. The highest BCUT2D eigenvalue weighted by Crippen LogP contribution is 2.24. The summed E-state index contributed by atoms with van der Waals surface area (Å²) in [6, 6.07) is 8.30. The molecule has 0 saturated carbocycles. The first-order chi connectivity index (χ1) is 13.1. The second-order valence-electron chi connectivity index (χ2n) is 7.54. The van der Waals surface area contributed by atoms with Crippen LogP contribution in [0.2, 0.25) is 0 Å². The number of hydrogen-bond acceptors (Lipinski definition) is 5. The molecule has 0 spiro atoms. The van der Waals surface area contributed by atoms with Crippen LogP contribution in [0.5, 0.6) is 0 Å². The lowest BCUT2D eigenvalue weighted by atomic mass is 9.92. The van der Waals surface area contributed by atoms with Crippen molar-refractivity contribution in [2.75, 3.05) is 25.1 Å². The summed E-state index contributed by atoms with van der Waals surface area (Å²) >= 11 is 0. The molecule has 1 aromatic rings. The number of likely N-dealkylation sites (N-methyl/N-ethyl adjacent to an activating group) is 1. The quantitative estimate of drug-likeness (QED) is 0.541. The number of urea groups is 1. The lowest BCUT2D eigenvalue weighted by molar-refractivity contribution is -0.150. The van der Waals surface area contributed by atoms with Crippen molar-refractivity contribution < 1.29 is 23.9 Å². The molecular formula is C20H27N3O5. The Balaban J connectivity index is 1.88. The molecule has 1 saturated heterocycles. The zero-order chi connectivity index (χ0) is 20.9. The number of esters is 1. The van der Waals surface area contributed by atoms with E-state index in [9.17, 15) is 19.2 Å². The van der Waals surface area contributed by atoms with E-state index in [0.717, 1.165) is 11.3 Å². The van der Waals surface area contributed by atoms with Gasteiger partial charge in [-0.25, -0.2) is 4.79 Å². The van der Waals surface area contributed by atoms with Crippen LogP contribution in [0, 0.1) is 5.92 Å². The first-order valence-electron chi connectivity index (χ1n) is 9.25. The summed E-state index contributed by atoms with van der Waals surface area (Å²) in [6.45, 7) is 4.72. The number of carbonyl (C=O) groups is 4. The zero-order valence-electron chi connectivity index (χ0n) is 16.7. The van der Waals surface area contributed by atoms with E-state index in [-0.39, 0.29) is 0 Å². The van der Waals surface area contributed by atoms with E-state index in [1.807, 2.05) is 19.9 Å². The van der Waals surface area contributed by atoms with Crippen molar-refractivity contribution in [3.8, 4) is 0 Å². The van der Waals surface area contributed by atoms with E-state index in [1.165, 1.54) is 4.90 Å². The van der Waals surface area contributed by atoms with Crippen LogP contribution in [-0.4, -0.2) is 54.5 Å². The van der Waals surface area contributed by atoms with Crippen molar-refractivity contribution in [1.82, 2.24) is 10.2 Å². The number of hydrogen-bond donors (Lipinski definition) is 1. The number of benzene rings is 1. The maximum atomic E-state index is 12.6. The molecular weight excluding hydrogens is 362 g/mol. The van der Waals surface area contributed by atoms with Gasteiger partial charge in [-0.05, 0) is 37.8 Å². The second kappa shape index (κ2) is 8.86. The fourth-order valence-corrected chi connectivity index (χ4v) is 2.85. The van der Waals surface area contributed by atoms with Crippen molar-refractivity contribution in [2.24, 2.45) is 5.92 Å². The van der Waals surface area contributed by atoms with Gasteiger partial charge in [-0.2, -0.15) is 0 Å². The molecule has 2 rings (SSSR count). The Labute approximate surface area is 164 Å². The fraction of sp³-hybridized carbons (Fsp3) is 0.500. The molecule has 1 atom stereocenters. The Kier molecular flexibility index (Phi) is 6.77. The zero-order valence-corrected chi connectivity index (χ0v) is 16.7. The standard InChI is InChI=1S/C20H27N3O5/c1-14(2)10-11-20(3)18(26)23(19(27)21-20)12-17(25)28-13-16(24)22(4)15-8-6-5-7-9-15/h5-9,14H,10-13H2,1-4H3,(H,21,27)/t20-/m0/s1. The monoisotopic (exact) mass is 389 g/mol. The number of nitrogens with zero attached hydrogens (tertiary/aromatic N) is 2. The minimum Gasteiger partial charge on any atom is -0.454 e. The van der Waals surface area contributed by atoms with Crippen molar-refractivity contribution in [3.63, 3.8) is 0 Å². The van der Waals surface area contributed by atoms with E-state index in [0.29, 0.717) is 18.0 Å². The number of carbonyl (C=O) groups excluding carboxylic acids is 4. The number of imide groups is 1. The van der Waals surface area contributed by atoms with E-state index < -0.39 is 42.5 Å². The largest absolute Gasteiger partial charge is 0.454 e. The Morgan fingerprint density at radius 2 is 1.86 bits per heavy atom. The molecule has 1 aliphatic rings. The third kappa shape index (κ3) is 5.09. The normalized spacial score (nSPS) is 19.0. The lowest BCUT2D eigenvalue weighted by Gasteiger charge is -2.22. The van der Waals surface area contributed by atoms with Gasteiger partial charge in [0.05, 0.1) is 0 Å². The third-order valence-corrected chi connectivity index (χ3v) is 4.73. The average molecular weight is 389 g/mol. The molecule has 0 bridgehead atoms. The average Bonchev–Trinajstić information content (AvgIpc) is 2.88. The minimum absolute atomic E-state index is 0.383. The highest BCUT2D eigenvalue weighted by molar-refractivity contribution is 6.08. The van der Waals surface area contributed by atoms with Gasteiger partial charge in [0.1, 0.15) is 12.1 Å². The number of ether oxygens (including phenoxy) is 1. The maximum Gasteiger partial charge on any atom is 0.326 e. The Morgan fingerprint density at radius 1 is 1.21 bits per heavy atom. The molecule has 8 nitrogen and oxygen atoms in total. The van der Waals surface area contributed by atoms with Crippen LogP contribution in [-0.2, 0) is 19.1 Å². The smallest absolute Gasteiger partial charge is 0.326 e. The van der Waals surface area contributed by atoms with Crippen molar-refractivity contribution in [1.29, 1.82) is 0 Å². The van der Waals surface area contributed by atoms with Gasteiger partial charge in [0.25, 0.3) is 11.8 Å². The van der Waals surface area contributed by atoms with Crippen molar-refractivity contribution in [3.05, 3.63) is 30.3 Å². The van der Waals surface area contributed by atoms with Gasteiger partial charge in [0, 0.05) is 12.7 Å². The van der Waals surface area contributed by atoms with Gasteiger partial charge in [0.2, 0.25) is 0 Å². The van der Waals surface area contributed by atoms with Gasteiger partial charge >= 0.3 is 12.0 Å². The lowest BCUT2D eigenvalue weighted by Crippen LogP contribution is -2.44. The molecule has 8 heteroatoms. The van der Waals surface area contributed by atoms with Crippen LogP contribution < -0.4 is 10.2 Å². The first kappa shape index (κ1) is 21.4. The molecule has 1 N–H and O–H groups in total. The van der Waals surface area contributed by atoms with E-state index in [1.54, 1.807) is 38.2 Å². The molecule has 0 aliphatic carbocycles.